The minimum Gasteiger partial charge on any atom is -0.366 e. The van der Waals surface area contributed by atoms with Gasteiger partial charge in [0.25, 0.3) is 5.56 Å². The van der Waals surface area contributed by atoms with Crippen LogP contribution in [0.5, 0.6) is 0 Å². The van der Waals surface area contributed by atoms with E-state index in [0.29, 0.717) is 36.9 Å². The topological polar surface area (TPSA) is 77.3 Å². The summed E-state index contributed by atoms with van der Waals surface area (Å²) in [7, 11) is 1.69. The van der Waals surface area contributed by atoms with E-state index in [4.69, 9.17) is 9.72 Å². The van der Waals surface area contributed by atoms with Crippen LogP contribution in [0.1, 0.15) is 21.5 Å². The molecule has 2 aromatic heterocycles. The van der Waals surface area contributed by atoms with Crippen molar-refractivity contribution >= 4 is 11.7 Å². The Labute approximate surface area is 175 Å². The Balaban J connectivity index is 1.63. The number of aryl methyl sites for hydroxylation is 2. The predicted molar refractivity (Wildman–Crippen MR) is 115 cm³/mol. The van der Waals surface area contributed by atoms with Gasteiger partial charge >= 0.3 is 0 Å². The fourth-order valence-electron chi connectivity index (χ4n) is 3.55. The number of hydrogen-bond acceptors (Lipinski definition) is 6. The van der Waals surface area contributed by atoms with Crippen LogP contribution in [0.25, 0.3) is 11.3 Å². The molecule has 1 unspecified atom stereocenters. The number of pyridine rings is 1. The minimum absolute atomic E-state index is 0.0573. The fourth-order valence-corrected chi connectivity index (χ4v) is 3.55. The van der Waals surface area contributed by atoms with E-state index in [1.807, 2.05) is 49.1 Å². The van der Waals surface area contributed by atoms with E-state index >= 15 is 0 Å². The first kappa shape index (κ1) is 20.0. The maximum absolute atomic E-state index is 13.0. The lowest BCUT2D eigenvalue weighted by atomic mass is 10.00. The molecule has 1 fully saturated rings. The molecule has 1 aliphatic rings. The Bertz CT molecular complexity index is 1140. The van der Waals surface area contributed by atoms with Crippen molar-refractivity contribution in [2.24, 2.45) is 7.05 Å². The van der Waals surface area contributed by atoms with Crippen molar-refractivity contribution in [2.75, 3.05) is 24.6 Å². The highest BCUT2D eigenvalue weighted by molar-refractivity contribution is 6.00. The van der Waals surface area contributed by atoms with Crippen molar-refractivity contribution < 1.29 is 9.53 Å². The smallest absolute Gasteiger partial charge is 0.255 e. The SMILES string of the molecule is Cc1ccc(C(=O)C2CN(c3nc(-c4ccncc4)cc(=O)n3C)CCO2)cc1C. The number of rotatable bonds is 4. The van der Waals surface area contributed by atoms with Crippen LogP contribution in [0.15, 0.2) is 53.6 Å². The first-order valence-corrected chi connectivity index (χ1v) is 9.90. The summed E-state index contributed by atoms with van der Waals surface area (Å²) in [4.78, 5) is 36.3. The lowest BCUT2D eigenvalue weighted by molar-refractivity contribution is 0.0336. The number of aromatic nitrogens is 3. The zero-order valence-electron chi connectivity index (χ0n) is 17.3. The summed E-state index contributed by atoms with van der Waals surface area (Å²) < 4.78 is 7.29. The Hall–Kier alpha value is -3.32. The Morgan fingerprint density at radius 1 is 1.10 bits per heavy atom. The molecular weight excluding hydrogens is 380 g/mol. The molecule has 0 bridgehead atoms. The minimum atomic E-state index is -0.609. The molecule has 1 atom stereocenters. The van der Waals surface area contributed by atoms with Crippen molar-refractivity contribution in [3.63, 3.8) is 0 Å². The number of anilines is 1. The van der Waals surface area contributed by atoms with Crippen LogP contribution in [0, 0.1) is 13.8 Å². The van der Waals surface area contributed by atoms with Crippen LogP contribution in [0.4, 0.5) is 5.95 Å². The van der Waals surface area contributed by atoms with Crippen molar-refractivity contribution in [3.05, 3.63) is 75.8 Å². The highest BCUT2D eigenvalue weighted by Gasteiger charge is 2.29. The van der Waals surface area contributed by atoms with Crippen LogP contribution in [-0.2, 0) is 11.8 Å². The molecule has 0 aliphatic carbocycles. The predicted octanol–water partition coefficient (Wildman–Crippen LogP) is 2.55. The summed E-state index contributed by atoms with van der Waals surface area (Å²) in [5, 5.41) is 0. The zero-order chi connectivity index (χ0) is 21.3. The third-order valence-electron chi connectivity index (χ3n) is 5.52. The summed E-state index contributed by atoms with van der Waals surface area (Å²) in [6, 6.07) is 10.8. The van der Waals surface area contributed by atoms with E-state index in [2.05, 4.69) is 4.98 Å². The molecule has 1 saturated heterocycles. The average Bonchev–Trinajstić information content (AvgIpc) is 2.77. The van der Waals surface area contributed by atoms with Gasteiger partial charge in [0, 0.05) is 43.2 Å². The lowest BCUT2D eigenvalue weighted by Gasteiger charge is -2.33. The van der Waals surface area contributed by atoms with E-state index in [0.717, 1.165) is 16.7 Å². The summed E-state index contributed by atoms with van der Waals surface area (Å²) in [6.45, 7) is 5.29. The summed E-state index contributed by atoms with van der Waals surface area (Å²) in [5.41, 5.74) is 4.10. The van der Waals surface area contributed by atoms with Gasteiger partial charge in [-0.1, -0.05) is 12.1 Å². The van der Waals surface area contributed by atoms with Crippen LogP contribution in [-0.4, -0.2) is 46.1 Å². The zero-order valence-corrected chi connectivity index (χ0v) is 17.3. The molecule has 3 heterocycles. The molecule has 0 radical (unpaired) electrons. The van der Waals surface area contributed by atoms with Gasteiger partial charge < -0.3 is 9.64 Å². The molecule has 3 aromatic rings. The number of carbonyl (C=O) groups excluding carboxylic acids is 1. The van der Waals surface area contributed by atoms with Crippen molar-refractivity contribution in [1.29, 1.82) is 0 Å². The monoisotopic (exact) mass is 404 g/mol. The molecular formula is C23H24N4O3. The van der Waals surface area contributed by atoms with E-state index in [1.165, 1.54) is 10.6 Å². The van der Waals surface area contributed by atoms with Gasteiger partial charge in [-0.2, -0.15) is 0 Å². The van der Waals surface area contributed by atoms with Gasteiger partial charge in [-0.3, -0.25) is 19.1 Å². The van der Waals surface area contributed by atoms with Crippen molar-refractivity contribution in [2.45, 2.75) is 20.0 Å². The number of morpholine rings is 1. The van der Waals surface area contributed by atoms with Gasteiger partial charge in [-0.15, -0.1) is 0 Å². The van der Waals surface area contributed by atoms with Gasteiger partial charge in [0.1, 0.15) is 6.10 Å². The molecule has 4 rings (SSSR count). The second-order valence-corrected chi connectivity index (χ2v) is 7.54. The van der Waals surface area contributed by atoms with Gasteiger partial charge in [0.05, 0.1) is 18.8 Å². The van der Waals surface area contributed by atoms with Crippen molar-refractivity contribution in [3.8, 4) is 11.3 Å². The molecule has 7 heteroatoms. The molecule has 30 heavy (non-hydrogen) atoms. The fraction of sp³-hybridized carbons (Fsp3) is 0.304. The van der Waals surface area contributed by atoms with Crippen LogP contribution in [0.2, 0.25) is 0 Å². The molecule has 7 nitrogen and oxygen atoms in total. The number of hydrogen-bond donors (Lipinski definition) is 0. The quantitative estimate of drug-likeness (QED) is 0.622. The standard InChI is InChI=1S/C23H24N4O3/c1-15-4-5-18(12-16(15)2)22(29)20-14-27(10-11-30-20)23-25-19(13-21(28)26(23)3)17-6-8-24-9-7-17/h4-9,12-13,20H,10-11,14H2,1-3H3. The lowest BCUT2D eigenvalue weighted by Crippen LogP contribution is -2.48. The molecule has 1 aliphatic heterocycles. The first-order valence-electron chi connectivity index (χ1n) is 9.90. The number of carbonyl (C=O) groups is 1. The van der Waals surface area contributed by atoms with Crippen molar-refractivity contribution in [1.82, 2.24) is 14.5 Å². The maximum Gasteiger partial charge on any atom is 0.255 e. The van der Waals surface area contributed by atoms with E-state index in [-0.39, 0.29) is 11.3 Å². The number of ether oxygens (including phenoxy) is 1. The third kappa shape index (κ3) is 3.89. The van der Waals surface area contributed by atoms with Crippen LogP contribution >= 0.6 is 0 Å². The van der Waals surface area contributed by atoms with Gasteiger partial charge in [-0.05, 0) is 43.2 Å². The highest BCUT2D eigenvalue weighted by Crippen LogP contribution is 2.21. The van der Waals surface area contributed by atoms with Gasteiger partial charge in [-0.25, -0.2) is 4.98 Å². The number of Topliss-reactive ketones (excluding diaryl/α,β-unsaturated/α-hetero) is 1. The largest absolute Gasteiger partial charge is 0.366 e. The van der Waals surface area contributed by atoms with Crippen LogP contribution in [0.3, 0.4) is 0 Å². The van der Waals surface area contributed by atoms with E-state index < -0.39 is 6.10 Å². The second kappa shape index (κ2) is 8.20. The molecule has 0 N–H and O–H groups in total. The Kier molecular flexibility index (Phi) is 5.46. The first-order chi connectivity index (χ1) is 14.4. The molecule has 0 amide bonds. The summed E-state index contributed by atoms with van der Waals surface area (Å²) in [6.07, 6.45) is 2.73. The Morgan fingerprint density at radius 2 is 1.87 bits per heavy atom. The molecule has 0 saturated carbocycles. The molecule has 0 spiro atoms. The summed E-state index contributed by atoms with van der Waals surface area (Å²) in [5.74, 6) is 0.466. The molecule has 154 valence electrons. The van der Waals surface area contributed by atoms with Crippen LogP contribution < -0.4 is 10.5 Å². The van der Waals surface area contributed by atoms with E-state index in [1.54, 1.807) is 19.4 Å². The van der Waals surface area contributed by atoms with E-state index in [9.17, 15) is 9.59 Å². The number of ketones is 1. The highest BCUT2D eigenvalue weighted by atomic mass is 16.5. The maximum atomic E-state index is 13.0. The van der Waals surface area contributed by atoms with Gasteiger partial charge in [0.2, 0.25) is 5.95 Å². The number of nitrogens with zero attached hydrogens (tertiary/aromatic N) is 4. The average molecular weight is 404 g/mol. The summed E-state index contributed by atoms with van der Waals surface area (Å²) >= 11 is 0. The second-order valence-electron chi connectivity index (χ2n) is 7.54. The number of benzene rings is 1. The van der Waals surface area contributed by atoms with Gasteiger partial charge in [0.15, 0.2) is 5.78 Å². The normalized spacial score (nSPS) is 16.5. The molecule has 1 aromatic carbocycles. The Morgan fingerprint density at radius 3 is 2.60 bits per heavy atom. The third-order valence-corrected chi connectivity index (χ3v) is 5.52.